The Labute approximate surface area is 171 Å². The fourth-order valence-corrected chi connectivity index (χ4v) is 2.89. The van der Waals surface area contributed by atoms with E-state index in [0.29, 0.717) is 29.2 Å². The van der Waals surface area contributed by atoms with Crippen LogP contribution < -0.4 is 10.1 Å². The monoisotopic (exact) mass is 418 g/mol. The van der Waals surface area contributed by atoms with Gasteiger partial charge in [-0.1, -0.05) is 17.3 Å². The Hall–Kier alpha value is -3.29. The van der Waals surface area contributed by atoms with E-state index in [2.05, 4.69) is 10.5 Å². The molecule has 1 unspecified atom stereocenters. The second-order valence-electron chi connectivity index (χ2n) is 6.93. The summed E-state index contributed by atoms with van der Waals surface area (Å²) in [5.41, 5.74) is 1.91. The number of hydrogen-bond donors (Lipinski definition) is 1. The van der Waals surface area contributed by atoms with Crippen LogP contribution in [0.15, 0.2) is 53.1 Å². The summed E-state index contributed by atoms with van der Waals surface area (Å²) in [4.78, 5) is 12.4. The van der Waals surface area contributed by atoms with Crippen molar-refractivity contribution in [2.75, 3.05) is 0 Å². The minimum absolute atomic E-state index is 0.303. The van der Waals surface area contributed by atoms with E-state index in [9.17, 15) is 18.0 Å². The Bertz CT molecular complexity index is 990. The number of halogens is 3. The van der Waals surface area contributed by atoms with Gasteiger partial charge in [0, 0.05) is 5.56 Å². The molecule has 30 heavy (non-hydrogen) atoms. The molecule has 0 radical (unpaired) electrons. The lowest BCUT2D eigenvalue weighted by molar-refractivity contribution is -0.137. The molecule has 1 heterocycles. The highest BCUT2D eigenvalue weighted by atomic mass is 19.4. The van der Waals surface area contributed by atoms with E-state index in [-0.39, 0.29) is 5.91 Å². The van der Waals surface area contributed by atoms with Crippen molar-refractivity contribution in [2.45, 2.75) is 39.6 Å². The second kappa shape index (κ2) is 8.61. The van der Waals surface area contributed by atoms with Gasteiger partial charge in [-0.3, -0.25) is 4.79 Å². The highest BCUT2D eigenvalue weighted by molar-refractivity contribution is 5.94. The Morgan fingerprint density at radius 1 is 1.10 bits per heavy atom. The summed E-state index contributed by atoms with van der Waals surface area (Å²) in [6, 6.07) is 10.9. The van der Waals surface area contributed by atoms with Crippen LogP contribution in [-0.2, 0) is 12.8 Å². The molecule has 3 rings (SSSR count). The summed E-state index contributed by atoms with van der Waals surface area (Å²) in [7, 11) is 0. The highest BCUT2D eigenvalue weighted by Crippen LogP contribution is 2.30. The topological polar surface area (TPSA) is 64.4 Å². The zero-order chi connectivity index (χ0) is 21.9. The lowest BCUT2D eigenvalue weighted by Crippen LogP contribution is -2.26. The van der Waals surface area contributed by atoms with Gasteiger partial charge in [0.05, 0.1) is 22.9 Å². The predicted molar refractivity (Wildman–Crippen MR) is 104 cm³/mol. The first-order chi connectivity index (χ1) is 14.1. The zero-order valence-electron chi connectivity index (χ0n) is 16.7. The molecule has 1 aromatic heterocycles. The summed E-state index contributed by atoms with van der Waals surface area (Å²) in [5, 5.41) is 6.65. The van der Waals surface area contributed by atoms with E-state index in [4.69, 9.17) is 9.26 Å². The highest BCUT2D eigenvalue weighted by Gasteiger charge is 2.30. The molecule has 0 bridgehead atoms. The summed E-state index contributed by atoms with van der Waals surface area (Å²) in [6.45, 7) is 5.66. The molecule has 0 saturated heterocycles. The van der Waals surface area contributed by atoms with Crippen LogP contribution in [0.25, 0.3) is 0 Å². The average molecular weight is 418 g/mol. The third kappa shape index (κ3) is 5.00. The van der Waals surface area contributed by atoms with Gasteiger partial charge in [-0.05, 0) is 62.7 Å². The molecule has 0 aliphatic carbocycles. The number of nitrogens with zero attached hydrogens (tertiary/aromatic N) is 1. The maximum absolute atomic E-state index is 12.7. The maximum atomic E-state index is 12.7. The minimum Gasteiger partial charge on any atom is -0.489 e. The van der Waals surface area contributed by atoms with Gasteiger partial charge in [-0.2, -0.15) is 13.2 Å². The standard InChI is InChI=1S/C22H21F3N2O3/c1-13(16-4-8-18(9-5-16)22(23,24)25)26-21(28)17-6-10-19(11-7-17)29-12-20-14(2)27-30-15(20)3/h4-11,13H,12H2,1-3H3,(H,26,28). The molecule has 0 saturated carbocycles. The van der Waals surface area contributed by atoms with Crippen molar-refractivity contribution in [2.24, 2.45) is 0 Å². The molecule has 1 atom stereocenters. The van der Waals surface area contributed by atoms with E-state index in [1.165, 1.54) is 12.1 Å². The summed E-state index contributed by atoms with van der Waals surface area (Å²) in [6.07, 6.45) is -4.39. The number of aromatic nitrogens is 1. The molecule has 8 heteroatoms. The minimum atomic E-state index is -4.39. The average Bonchev–Trinajstić information content (AvgIpc) is 3.03. The van der Waals surface area contributed by atoms with E-state index in [0.717, 1.165) is 23.4 Å². The first-order valence-electron chi connectivity index (χ1n) is 9.28. The zero-order valence-corrected chi connectivity index (χ0v) is 16.7. The molecule has 3 aromatic rings. The van der Waals surface area contributed by atoms with Crippen LogP contribution >= 0.6 is 0 Å². The number of aryl methyl sites for hydroxylation is 2. The molecular weight excluding hydrogens is 397 g/mol. The van der Waals surface area contributed by atoms with Crippen LogP contribution in [-0.4, -0.2) is 11.1 Å². The van der Waals surface area contributed by atoms with Gasteiger partial charge in [-0.25, -0.2) is 0 Å². The number of ether oxygens (including phenoxy) is 1. The Balaban J connectivity index is 1.59. The quantitative estimate of drug-likeness (QED) is 0.584. The van der Waals surface area contributed by atoms with Crippen molar-refractivity contribution >= 4 is 5.91 Å². The van der Waals surface area contributed by atoms with E-state index in [1.807, 2.05) is 13.8 Å². The Kier molecular flexibility index (Phi) is 6.14. The number of rotatable bonds is 6. The third-order valence-electron chi connectivity index (χ3n) is 4.77. The van der Waals surface area contributed by atoms with Gasteiger partial charge >= 0.3 is 6.18 Å². The van der Waals surface area contributed by atoms with Crippen molar-refractivity contribution in [1.29, 1.82) is 0 Å². The molecule has 1 amide bonds. The Morgan fingerprint density at radius 2 is 1.73 bits per heavy atom. The van der Waals surface area contributed by atoms with E-state index < -0.39 is 17.8 Å². The van der Waals surface area contributed by atoms with Gasteiger partial charge in [0.25, 0.3) is 5.91 Å². The normalized spacial score (nSPS) is 12.5. The molecule has 5 nitrogen and oxygen atoms in total. The predicted octanol–water partition coefficient (Wildman–Crippen LogP) is 5.38. The van der Waals surface area contributed by atoms with Crippen molar-refractivity contribution in [3.63, 3.8) is 0 Å². The molecule has 0 fully saturated rings. The summed E-state index contributed by atoms with van der Waals surface area (Å²) >= 11 is 0. The number of carbonyl (C=O) groups excluding carboxylic acids is 1. The summed E-state index contributed by atoms with van der Waals surface area (Å²) < 4.78 is 48.8. The van der Waals surface area contributed by atoms with Crippen LogP contribution in [0.5, 0.6) is 5.75 Å². The van der Waals surface area contributed by atoms with E-state index in [1.54, 1.807) is 31.2 Å². The van der Waals surface area contributed by atoms with Gasteiger partial charge in [0.15, 0.2) is 0 Å². The first kappa shape index (κ1) is 21.4. The van der Waals surface area contributed by atoms with Gasteiger partial charge in [0.2, 0.25) is 0 Å². The molecule has 158 valence electrons. The largest absolute Gasteiger partial charge is 0.489 e. The molecule has 1 N–H and O–H groups in total. The van der Waals surface area contributed by atoms with Gasteiger partial charge < -0.3 is 14.6 Å². The lowest BCUT2D eigenvalue weighted by Gasteiger charge is -2.16. The number of nitrogens with one attached hydrogen (secondary N) is 1. The summed E-state index contributed by atoms with van der Waals surface area (Å²) in [5.74, 6) is 0.947. The van der Waals surface area contributed by atoms with Crippen molar-refractivity contribution in [3.05, 3.63) is 82.2 Å². The van der Waals surface area contributed by atoms with E-state index >= 15 is 0 Å². The van der Waals surface area contributed by atoms with Crippen LogP contribution in [0.2, 0.25) is 0 Å². The first-order valence-corrected chi connectivity index (χ1v) is 9.28. The van der Waals surface area contributed by atoms with Crippen LogP contribution in [0, 0.1) is 13.8 Å². The molecule has 0 aliphatic heterocycles. The number of carbonyl (C=O) groups is 1. The van der Waals surface area contributed by atoms with Crippen LogP contribution in [0.3, 0.4) is 0 Å². The smallest absolute Gasteiger partial charge is 0.416 e. The fraction of sp³-hybridized carbons (Fsp3) is 0.273. The molecule has 0 aliphatic rings. The van der Waals surface area contributed by atoms with Crippen LogP contribution in [0.1, 0.15) is 51.5 Å². The molecular formula is C22H21F3N2O3. The van der Waals surface area contributed by atoms with Crippen LogP contribution in [0.4, 0.5) is 13.2 Å². The number of amides is 1. The van der Waals surface area contributed by atoms with Crippen molar-refractivity contribution < 1.29 is 27.2 Å². The number of hydrogen-bond acceptors (Lipinski definition) is 4. The molecule has 0 spiro atoms. The lowest BCUT2D eigenvalue weighted by atomic mass is 10.1. The fourth-order valence-electron chi connectivity index (χ4n) is 2.89. The third-order valence-corrected chi connectivity index (χ3v) is 4.77. The van der Waals surface area contributed by atoms with Crippen molar-refractivity contribution in [1.82, 2.24) is 10.5 Å². The van der Waals surface area contributed by atoms with Crippen molar-refractivity contribution in [3.8, 4) is 5.75 Å². The van der Waals surface area contributed by atoms with Gasteiger partial charge in [-0.15, -0.1) is 0 Å². The van der Waals surface area contributed by atoms with Gasteiger partial charge in [0.1, 0.15) is 18.1 Å². The second-order valence-corrected chi connectivity index (χ2v) is 6.93. The Morgan fingerprint density at radius 3 is 2.27 bits per heavy atom. The number of benzene rings is 2. The maximum Gasteiger partial charge on any atom is 0.416 e. The molecule has 2 aromatic carbocycles. The number of alkyl halides is 3. The SMILES string of the molecule is Cc1noc(C)c1COc1ccc(C(=O)NC(C)c2ccc(C(F)(F)F)cc2)cc1.